The fraction of sp³-hybridized carbons (Fsp3) is 0.200. The van der Waals surface area contributed by atoms with E-state index in [0.29, 0.717) is 5.69 Å². The predicted molar refractivity (Wildman–Crippen MR) is 154 cm³/mol. The number of halogens is 1. The van der Waals surface area contributed by atoms with Gasteiger partial charge in [-0.25, -0.2) is 14.2 Å². The van der Waals surface area contributed by atoms with Crippen LogP contribution in [0.3, 0.4) is 0 Å². The third-order valence-electron chi connectivity index (χ3n) is 6.50. The average Bonchev–Trinajstić information content (AvgIpc) is 3.39. The minimum absolute atomic E-state index is 0.0303. The molecule has 0 unspecified atom stereocenters. The van der Waals surface area contributed by atoms with Crippen molar-refractivity contribution in [2.24, 2.45) is 0 Å². The van der Waals surface area contributed by atoms with Crippen molar-refractivity contribution >= 4 is 35.5 Å². The van der Waals surface area contributed by atoms with Gasteiger partial charge in [-0.05, 0) is 61.4 Å². The van der Waals surface area contributed by atoms with Crippen LogP contribution in [0.15, 0.2) is 85.5 Å². The molecule has 4 heterocycles. The lowest BCUT2D eigenvalue weighted by Gasteiger charge is -2.22. The Morgan fingerprint density at radius 1 is 1.05 bits per heavy atom. The summed E-state index contributed by atoms with van der Waals surface area (Å²) in [6.45, 7) is 3.26. The third-order valence-corrected chi connectivity index (χ3v) is 6.50. The molecule has 10 nitrogen and oxygen atoms in total. The third kappa shape index (κ3) is 6.70. The van der Waals surface area contributed by atoms with Crippen molar-refractivity contribution in [2.75, 3.05) is 22.1 Å². The topological polar surface area (TPSA) is 122 Å². The zero-order valence-corrected chi connectivity index (χ0v) is 22.4. The molecule has 0 spiro atoms. The van der Waals surface area contributed by atoms with E-state index < -0.39 is 18.3 Å². The number of carbonyl (C=O) groups is 2. The first-order valence-corrected chi connectivity index (χ1v) is 13.0. The molecule has 41 heavy (non-hydrogen) atoms. The van der Waals surface area contributed by atoms with E-state index in [0.717, 1.165) is 22.4 Å². The minimum atomic E-state index is -1.27. The second-order valence-electron chi connectivity index (χ2n) is 9.45. The lowest BCUT2D eigenvalue weighted by molar-refractivity contribution is -0.111. The molecule has 1 fully saturated rings. The smallest absolute Gasteiger partial charge is 0.416 e. The number of rotatable bonds is 9. The first-order chi connectivity index (χ1) is 19.9. The molecule has 3 aromatic heterocycles. The second-order valence-corrected chi connectivity index (χ2v) is 9.45. The molecule has 0 bridgehead atoms. The van der Waals surface area contributed by atoms with Gasteiger partial charge < -0.3 is 15.4 Å². The molecule has 1 aliphatic heterocycles. The number of nitrogens with zero attached hydrogens (tertiary/aromatic N) is 5. The van der Waals surface area contributed by atoms with E-state index >= 15 is 0 Å². The van der Waals surface area contributed by atoms with Crippen molar-refractivity contribution < 1.29 is 18.7 Å². The Labute approximate surface area is 236 Å². The predicted octanol–water partition coefficient (Wildman–Crippen LogP) is 5.44. The highest BCUT2D eigenvalue weighted by atomic mass is 19.1. The molecular formula is C30H28FN7O3. The summed E-state index contributed by atoms with van der Waals surface area (Å²) in [5.74, 6) is 0.304. The summed E-state index contributed by atoms with van der Waals surface area (Å²) in [7, 11) is 0. The zero-order valence-electron chi connectivity index (χ0n) is 22.4. The summed E-state index contributed by atoms with van der Waals surface area (Å²) in [6, 6.07) is 15.6. The van der Waals surface area contributed by atoms with Gasteiger partial charge in [0.1, 0.15) is 24.6 Å². The van der Waals surface area contributed by atoms with Gasteiger partial charge >= 0.3 is 6.09 Å². The van der Waals surface area contributed by atoms with Crippen molar-refractivity contribution in [3.8, 4) is 11.1 Å². The molecular weight excluding hydrogens is 525 g/mol. The van der Waals surface area contributed by atoms with Crippen LogP contribution < -0.4 is 15.5 Å². The first kappa shape index (κ1) is 27.4. The van der Waals surface area contributed by atoms with E-state index in [1.807, 2.05) is 55.5 Å². The number of carbonyl (C=O) groups excluding carboxylic acids is 2. The standard InChI is InChI=1S/C30H28FN7O3/c1-19(31)26-18-41-30(40)38(26)27-13-15-33-29(37-27)35-20(2)25-11-8-23(17-34-25)22-6-9-24(10-7-22)36-28(39)12-5-21-4-3-14-32-16-21/h3-17,19-20,26H,18H2,1-2H3,(H,36,39)(H,33,35,37)/b12-5+/t19-,20-,26+/m0/s1. The van der Waals surface area contributed by atoms with Crippen molar-refractivity contribution in [3.05, 3.63) is 96.7 Å². The number of nitrogens with one attached hydrogen (secondary N) is 2. The normalized spacial score (nSPS) is 16.3. The molecule has 4 aromatic rings. The second kappa shape index (κ2) is 12.3. The number of cyclic esters (lactones) is 1. The monoisotopic (exact) mass is 553 g/mol. The maximum absolute atomic E-state index is 14.0. The lowest BCUT2D eigenvalue weighted by Crippen LogP contribution is -2.39. The van der Waals surface area contributed by atoms with E-state index in [1.165, 1.54) is 24.1 Å². The van der Waals surface area contributed by atoms with Gasteiger partial charge in [-0.2, -0.15) is 4.98 Å². The van der Waals surface area contributed by atoms with Crippen molar-refractivity contribution in [1.82, 2.24) is 19.9 Å². The van der Waals surface area contributed by atoms with Gasteiger partial charge in [0, 0.05) is 42.1 Å². The van der Waals surface area contributed by atoms with Crippen LogP contribution in [0.25, 0.3) is 17.2 Å². The molecule has 5 rings (SSSR count). The molecule has 2 N–H and O–H groups in total. The lowest BCUT2D eigenvalue weighted by atomic mass is 10.1. The molecule has 208 valence electrons. The first-order valence-electron chi connectivity index (χ1n) is 13.0. The van der Waals surface area contributed by atoms with Crippen LogP contribution in [0.1, 0.15) is 31.1 Å². The van der Waals surface area contributed by atoms with Crippen LogP contribution >= 0.6 is 0 Å². The molecule has 0 aliphatic carbocycles. The molecule has 3 atom stereocenters. The van der Waals surface area contributed by atoms with Crippen molar-refractivity contribution in [3.63, 3.8) is 0 Å². The van der Waals surface area contributed by atoms with E-state index in [4.69, 9.17) is 4.74 Å². The Balaban J connectivity index is 1.20. The maximum Gasteiger partial charge on any atom is 0.416 e. The Morgan fingerprint density at radius 3 is 2.56 bits per heavy atom. The number of ether oxygens (including phenoxy) is 1. The van der Waals surface area contributed by atoms with Crippen LogP contribution in [0.4, 0.5) is 26.6 Å². The van der Waals surface area contributed by atoms with Gasteiger partial charge in [-0.1, -0.05) is 24.3 Å². The molecule has 11 heteroatoms. The highest BCUT2D eigenvalue weighted by Crippen LogP contribution is 2.26. The van der Waals surface area contributed by atoms with Crippen LogP contribution in [-0.2, 0) is 9.53 Å². The Kier molecular flexibility index (Phi) is 8.23. The van der Waals surface area contributed by atoms with E-state index in [-0.39, 0.29) is 30.3 Å². The quantitative estimate of drug-likeness (QED) is 0.263. The highest BCUT2D eigenvalue weighted by Gasteiger charge is 2.39. The number of hydrogen-bond donors (Lipinski definition) is 2. The molecule has 1 saturated heterocycles. The van der Waals surface area contributed by atoms with Gasteiger partial charge in [0.05, 0.1) is 11.7 Å². The molecule has 0 saturated carbocycles. The number of amides is 2. The molecule has 1 aromatic carbocycles. The molecule has 0 radical (unpaired) electrons. The number of hydrogen-bond acceptors (Lipinski definition) is 8. The van der Waals surface area contributed by atoms with Crippen LogP contribution in [0.2, 0.25) is 0 Å². The summed E-state index contributed by atoms with van der Waals surface area (Å²) in [5.41, 5.74) is 4.12. The number of pyridine rings is 2. The summed E-state index contributed by atoms with van der Waals surface area (Å²) < 4.78 is 19.0. The number of alkyl halides is 1. The van der Waals surface area contributed by atoms with E-state index in [9.17, 15) is 14.0 Å². The van der Waals surface area contributed by atoms with Crippen LogP contribution in [0, 0.1) is 0 Å². The van der Waals surface area contributed by atoms with Crippen LogP contribution in [0.5, 0.6) is 0 Å². The number of anilines is 3. The maximum atomic E-state index is 14.0. The summed E-state index contributed by atoms with van der Waals surface area (Å²) >= 11 is 0. The number of benzene rings is 1. The minimum Gasteiger partial charge on any atom is -0.447 e. The van der Waals surface area contributed by atoms with E-state index in [2.05, 4.69) is 30.6 Å². The fourth-order valence-electron chi connectivity index (χ4n) is 4.27. The summed E-state index contributed by atoms with van der Waals surface area (Å²) in [5, 5.41) is 6.02. The zero-order chi connectivity index (χ0) is 28.8. The van der Waals surface area contributed by atoms with Crippen molar-refractivity contribution in [2.45, 2.75) is 32.1 Å². The largest absolute Gasteiger partial charge is 0.447 e. The SMILES string of the molecule is C[C@H](Nc1nccc(N2C(=O)OC[C@@H]2[C@H](C)F)n1)c1ccc(-c2ccc(NC(=O)/C=C/c3cccnc3)cc2)cn1. The number of aromatic nitrogens is 4. The molecule has 2 amide bonds. The van der Waals surface area contributed by atoms with Gasteiger partial charge in [-0.15, -0.1) is 0 Å². The Morgan fingerprint density at radius 2 is 1.85 bits per heavy atom. The summed E-state index contributed by atoms with van der Waals surface area (Å²) in [6.07, 6.45) is 7.88. The van der Waals surface area contributed by atoms with Gasteiger partial charge in [-0.3, -0.25) is 19.7 Å². The van der Waals surface area contributed by atoms with Gasteiger partial charge in [0.2, 0.25) is 11.9 Å². The average molecular weight is 554 g/mol. The molecule has 1 aliphatic rings. The fourth-order valence-corrected chi connectivity index (χ4v) is 4.27. The van der Waals surface area contributed by atoms with Gasteiger partial charge in [0.15, 0.2) is 0 Å². The van der Waals surface area contributed by atoms with Crippen LogP contribution in [-0.4, -0.2) is 50.8 Å². The highest BCUT2D eigenvalue weighted by molar-refractivity contribution is 6.02. The summed E-state index contributed by atoms with van der Waals surface area (Å²) in [4.78, 5) is 42.8. The Bertz CT molecular complexity index is 1530. The van der Waals surface area contributed by atoms with E-state index in [1.54, 1.807) is 30.7 Å². The van der Waals surface area contributed by atoms with Gasteiger partial charge in [0.25, 0.3) is 0 Å². The Hall–Kier alpha value is -5.19. The van der Waals surface area contributed by atoms with Crippen molar-refractivity contribution in [1.29, 1.82) is 0 Å².